The molecule has 2 aromatic heterocycles. The van der Waals surface area contributed by atoms with E-state index in [4.69, 9.17) is 22.2 Å². The molecule has 7 amide bonds. The number of imide groups is 3. The molecule has 6 heterocycles. The van der Waals surface area contributed by atoms with Gasteiger partial charge in [0.25, 0.3) is 28.8 Å². The summed E-state index contributed by atoms with van der Waals surface area (Å²) in [5, 5.41) is 19.1. The number of rotatable bonds is 22. The number of nitrogens with one attached hydrogen (secondary N) is 4. The Morgan fingerprint density at radius 2 is 0.980 bits per heavy atom. The van der Waals surface area contributed by atoms with Gasteiger partial charge in [0.2, 0.25) is 23.6 Å². The van der Waals surface area contributed by atoms with Gasteiger partial charge in [-0.3, -0.25) is 49.1 Å². The number of aryl methyl sites for hydroxylation is 6. The van der Waals surface area contributed by atoms with Crippen molar-refractivity contribution in [1.29, 1.82) is 0 Å². The molecule has 4 aliphatic heterocycles. The van der Waals surface area contributed by atoms with Crippen LogP contribution >= 0.6 is 0 Å². The molecule has 0 radical (unpaired) electrons. The van der Waals surface area contributed by atoms with Crippen molar-refractivity contribution < 1.29 is 51.4 Å². The maximum atomic E-state index is 15.2. The van der Waals surface area contributed by atoms with E-state index in [1.165, 1.54) is 17.0 Å². The van der Waals surface area contributed by atoms with Gasteiger partial charge >= 0.3 is 0 Å². The summed E-state index contributed by atoms with van der Waals surface area (Å²) in [7, 11) is 0. The minimum Gasteiger partial charge on any atom is -0.383 e. The summed E-state index contributed by atoms with van der Waals surface area (Å²) in [6, 6.07) is 32.6. The highest BCUT2D eigenvalue weighted by atomic mass is 19.1. The van der Waals surface area contributed by atoms with Gasteiger partial charge in [-0.1, -0.05) is 34.6 Å². The quantitative estimate of drug-likeness (QED) is 0.0280. The number of halogens is 2. The SMILES string of the molecule is [C-]#[N+]C1(c2ccc(N(CCCCNc3cc4c(cc3F)C(=O)N(C3CCC(=O)NC3=O)C4)c3cc(-c4c(C)noc4C)ccc3C)cc2)CC1.[C-]#[N+]C1(c2ccc(N(CCCCNc3cc4c(cc3F)C(=O)N(C3CCC(=O)NC3=O)C4=O)c3cc(-c4c(C)noc4C)ccc3C)cc2)CC1. The molecule has 4 N–H and O–H groups in total. The van der Waals surface area contributed by atoms with Crippen molar-refractivity contribution in [1.82, 2.24) is 30.7 Å². The topological polar surface area (TPSA) is 241 Å². The number of benzene rings is 6. The molecular formula is C78H76F2N12O9. The zero-order valence-corrected chi connectivity index (χ0v) is 57.1. The van der Waals surface area contributed by atoms with Crippen LogP contribution in [0.5, 0.6) is 0 Å². The summed E-state index contributed by atoms with van der Waals surface area (Å²) in [5.74, 6) is -3.56. The van der Waals surface area contributed by atoms with E-state index in [9.17, 15) is 33.6 Å². The summed E-state index contributed by atoms with van der Waals surface area (Å²) >= 11 is 0. The smallest absolute Gasteiger partial charge is 0.262 e. The van der Waals surface area contributed by atoms with Crippen LogP contribution in [0.1, 0.15) is 159 Å². The van der Waals surface area contributed by atoms with Gasteiger partial charge in [0.15, 0.2) is 0 Å². The first-order chi connectivity index (χ1) is 48.6. The zero-order valence-electron chi connectivity index (χ0n) is 57.1. The highest BCUT2D eigenvalue weighted by Gasteiger charge is 2.53. The van der Waals surface area contributed by atoms with Gasteiger partial charge in [0.05, 0.1) is 33.9 Å². The lowest BCUT2D eigenvalue weighted by Gasteiger charge is -2.29. The lowest BCUT2D eigenvalue weighted by Crippen LogP contribution is -2.54. The Balaban J connectivity index is 0.000000181. The number of fused-ring (bicyclic) bond motifs is 2. The van der Waals surface area contributed by atoms with Crippen LogP contribution in [0.15, 0.2) is 118 Å². The number of anilines is 6. The Kier molecular flexibility index (Phi) is 18.7. The van der Waals surface area contributed by atoms with E-state index in [0.717, 1.165) is 146 Å². The molecule has 101 heavy (non-hydrogen) atoms. The minimum atomic E-state index is -1.12. The second kappa shape index (κ2) is 27.8. The zero-order chi connectivity index (χ0) is 71.2. The lowest BCUT2D eigenvalue weighted by molar-refractivity contribution is -0.138. The summed E-state index contributed by atoms with van der Waals surface area (Å²) < 4.78 is 41.3. The molecule has 8 aromatic rings. The third kappa shape index (κ3) is 13.4. The van der Waals surface area contributed by atoms with Crippen molar-refractivity contribution in [2.75, 3.05) is 46.6 Å². The highest BCUT2D eigenvalue weighted by Crippen LogP contribution is 2.51. The number of amides is 7. The van der Waals surface area contributed by atoms with E-state index in [1.807, 2.05) is 39.8 Å². The molecule has 2 atom stereocenters. The van der Waals surface area contributed by atoms with Crippen molar-refractivity contribution in [3.8, 4) is 22.3 Å². The van der Waals surface area contributed by atoms with Crippen LogP contribution < -0.4 is 31.1 Å². The number of piperidine rings is 2. The van der Waals surface area contributed by atoms with Crippen molar-refractivity contribution in [2.24, 2.45) is 0 Å². The van der Waals surface area contributed by atoms with Crippen LogP contribution in [0.25, 0.3) is 31.9 Å². The molecule has 6 aliphatic rings. The van der Waals surface area contributed by atoms with E-state index in [-0.39, 0.29) is 66.1 Å². The van der Waals surface area contributed by atoms with E-state index in [2.05, 4.69) is 138 Å². The molecule has 2 saturated heterocycles. The fraction of sp³-hybridized carbons (Fsp3) is 0.346. The van der Waals surface area contributed by atoms with Gasteiger partial charge in [-0.05, 0) is 193 Å². The van der Waals surface area contributed by atoms with Crippen molar-refractivity contribution >= 4 is 75.5 Å². The van der Waals surface area contributed by atoms with Crippen LogP contribution in [-0.2, 0) is 36.8 Å². The number of hydrogen-bond donors (Lipinski definition) is 4. The van der Waals surface area contributed by atoms with E-state index < -0.39 is 64.7 Å². The number of hydrogen-bond acceptors (Lipinski definition) is 15. The average molecular weight is 1360 g/mol. The largest absolute Gasteiger partial charge is 0.383 e. The molecule has 0 bridgehead atoms. The Bertz CT molecular complexity index is 4730. The molecule has 23 heteroatoms. The second-order valence-corrected chi connectivity index (χ2v) is 27.1. The number of carbonyl (C=O) groups is 7. The van der Waals surface area contributed by atoms with E-state index in [0.29, 0.717) is 43.9 Å². The fourth-order valence-corrected chi connectivity index (χ4v) is 14.3. The average Bonchev–Trinajstić information content (AvgIpc) is 1.65. The molecule has 2 aliphatic carbocycles. The molecule has 0 spiro atoms. The molecule has 21 nitrogen and oxygen atoms in total. The maximum absolute atomic E-state index is 15.2. The van der Waals surface area contributed by atoms with E-state index in [1.54, 1.807) is 6.07 Å². The molecule has 14 rings (SSSR count). The van der Waals surface area contributed by atoms with Crippen LogP contribution in [0.4, 0.5) is 42.9 Å². The van der Waals surface area contributed by atoms with Gasteiger partial charge in [0, 0.05) is 122 Å². The van der Waals surface area contributed by atoms with Gasteiger partial charge in [-0.2, -0.15) is 0 Å². The monoisotopic (exact) mass is 1360 g/mol. The Morgan fingerprint density at radius 1 is 0.545 bits per heavy atom. The van der Waals surface area contributed by atoms with Crippen LogP contribution in [0, 0.1) is 66.3 Å². The third-order valence-corrected chi connectivity index (χ3v) is 20.3. The predicted molar refractivity (Wildman–Crippen MR) is 375 cm³/mol. The predicted octanol–water partition coefficient (Wildman–Crippen LogP) is 13.9. The molecule has 4 fully saturated rings. The Labute approximate surface area is 583 Å². The van der Waals surface area contributed by atoms with Crippen LogP contribution in [0.2, 0.25) is 0 Å². The minimum absolute atomic E-state index is 0.00283. The van der Waals surface area contributed by atoms with Crippen molar-refractivity contribution in [3.05, 3.63) is 211 Å². The number of carbonyl (C=O) groups excluding carboxylic acids is 7. The molecule has 516 valence electrons. The van der Waals surface area contributed by atoms with Gasteiger partial charge in [-0.15, -0.1) is 0 Å². The van der Waals surface area contributed by atoms with Gasteiger partial charge in [0.1, 0.15) is 35.2 Å². The van der Waals surface area contributed by atoms with E-state index >= 15 is 8.78 Å². The third-order valence-electron chi connectivity index (χ3n) is 20.3. The van der Waals surface area contributed by atoms with Crippen LogP contribution in [0.3, 0.4) is 0 Å². The summed E-state index contributed by atoms with van der Waals surface area (Å²) in [5.41, 5.74) is 14.4. The Hall–Kier alpha value is -11.3. The molecule has 2 saturated carbocycles. The fourth-order valence-electron chi connectivity index (χ4n) is 14.3. The first-order valence-electron chi connectivity index (χ1n) is 34.2. The first kappa shape index (κ1) is 68.2. The standard InChI is InChI=1S/C39H37FN6O5.C39H39FN6O4/c1-22-7-8-25(35-23(2)44-51-24(35)3)19-33(22)45(27-11-9-26(10-12-27)39(41-4)15-16-39)18-6-5-17-42-31-21-29-28(20-30(31)40)37(49)46(38(29)50)32-13-14-34(47)43-36(32)48;1-23-7-8-26(36-24(2)44-50-25(36)3)20-34(23)45(29-11-9-28(10-12-29)39(41-4)15-16-39)18-6-5-17-42-32-19-27-22-46(38(49)30(27)21-31(32)40)33-13-14-35(47)43-37(33)48/h7-12,19-21,32,42H,5-6,13-18H2,1-3H3,(H,43,47,48);7-12,19-21,33,42H,5-6,13-18,22H2,1-3H3,(H,43,47,48). The van der Waals surface area contributed by atoms with Crippen molar-refractivity contribution in [3.63, 3.8) is 0 Å². The number of aromatic nitrogens is 2. The normalized spacial score (nSPS) is 17.7. The second-order valence-electron chi connectivity index (χ2n) is 27.1. The molecular weight excluding hydrogens is 1290 g/mol. The lowest BCUT2D eigenvalue weighted by atomic mass is 10.00. The van der Waals surface area contributed by atoms with Crippen molar-refractivity contribution in [2.45, 2.75) is 148 Å². The highest BCUT2D eigenvalue weighted by molar-refractivity contribution is 6.24. The summed E-state index contributed by atoms with van der Waals surface area (Å²) in [4.78, 5) is 102. The summed E-state index contributed by atoms with van der Waals surface area (Å²) in [6.07, 6.45) is 6.90. The summed E-state index contributed by atoms with van der Waals surface area (Å²) in [6.45, 7) is 29.6. The Morgan fingerprint density at radius 3 is 1.41 bits per heavy atom. The number of unbranched alkanes of at least 4 members (excludes halogenated alkanes) is 2. The molecule has 2 unspecified atom stereocenters. The number of nitrogens with zero attached hydrogens (tertiary/aromatic N) is 8. The van der Waals surface area contributed by atoms with Gasteiger partial charge < -0.3 is 44.1 Å². The molecule has 6 aromatic carbocycles. The maximum Gasteiger partial charge on any atom is 0.262 e. The first-order valence-corrected chi connectivity index (χ1v) is 34.2. The van der Waals surface area contributed by atoms with Gasteiger partial charge in [-0.25, -0.2) is 21.9 Å². The van der Waals surface area contributed by atoms with Crippen LogP contribution in [-0.4, -0.2) is 99.7 Å².